The van der Waals surface area contributed by atoms with E-state index in [1.165, 1.54) is 5.56 Å². The van der Waals surface area contributed by atoms with E-state index >= 15 is 0 Å². The van der Waals surface area contributed by atoms with Gasteiger partial charge in [0.25, 0.3) is 0 Å². The van der Waals surface area contributed by atoms with Crippen LogP contribution in [0.3, 0.4) is 0 Å². The van der Waals surface area contributed by atoms with Gasteiger partial charge in [0.05, 0.1) is 11.2 Å². The Morgan fingerprint density at radius 2 is 2.07 bits per heavy atom. The molecule has 2 aromatic rings. The van der Waals surface area contributed by atoms with Gasteiger partial charge in [-0.25, -0.2) is 0 Å². The smallest absolute Gasteiger partial charge is 0.0723 e. The highest BCUT2D eigenvalue weighted by Crippen LogP contribution is 2.21. The zero-order valence-corrected chi connectivity index (χ0v) is 8.64. The highest BCUT2D eigenvalue weighted by atomic mass is 35.5. The summed E-state index contributed by atoms with van der Waals surface area (Å²) in [7, 11) is 0. The lowest BCUT2D eigenvalue weighted by atomic mass is 10.1. The molecule has 0 bridgehead atoms. The Kier molecular flexibility index (Phi) is 3.28. The van der Waals surface area contributed by atoms with Crippen LogP contribution in [0.15, 0.2) is 30.5 Å². The van der Waals surface area contributed by atoms with Gasteiger partial charge >= 0.3 is 0 Å². The maximum Gasteiger partial charge on any atom is 0.0723 e. The van der Waals surface area contributed by atoms with E-state index in [1.807, 2.05) is 25.1 Å². The zero-order valence-electron chi connectivity index (χ0n) is 7.82. The fourth-order valence-electron chi connectivity index (χ4n) is 1.39. The molecule has 14 heavy (non-hydrogen) atoms. The van der Waals surface area contributed by atoms with Gasteiger partial charge in [-0.1, -0.05) is 11.6 Å². The molecule has 0 atom stereocenters. The third-order valence-electron chi connectivity index (χ3n) is 2.05. The molecule has 4 heteroatoms. The number of aryl methyl sites for hydroxylation is 1. The van der Waals surface area contributed by atoms with Crippen LogP contribution in [0.5, 0.6) is 0 Å². The maximum absolute atomic E-state index is 5.39. The predicted molar refractivity (Wildman–Crippen MR) is 61.5 cm³/mol. The van der Waals surface area contributed by atoms with E-state index < -0.39 is 0 Å². The molecule has 3 N–H and O–H groups in total. The summed E-state index contributed by atoms with van der Waals surface area (Å²) in [4.78, 5) is 4.24. The second-order valence-electron chi connectivity index (χ2n) is 3.02. The van der Waals surface area contributed by atoms with Crippen LogP contribution in [0.1, 0.15) is 5.56 Å². The van der Waals surface area contributed by atoms with Crippen LogP contribution in [-0.2, 0) is 0 Å². The quantitative estimate of drug-likeness (QED) is 0.560. The number of pyridine rings is 1. The van der Waals surface area contributed by atoms with Crippen LogP contribution in [0, 0.1) is 6.92 Å². The Morgan fingerprint density at radius 3 is 2.79 bits per heavy atom. The van der Waals surface area contributed by atoms with Crippen LogP contribution in [0.25, 0.3) is 10.9 Å². The lowest BCUT2D eigenvalue weighted by molar-refractivity contribution is 1.33. The van der Waals surface area contributed by atoms with Gasteiger partial charge in [-0.15, -0.1) is 12.4 Å². The van der Waals surface area contributed by atoms with Crippen LogP contribution in [-0.4, -0.2) is 4.98 Å². The number of halogens is 1. The monoisotopic (exact) mass is 209 g/mol. The molecule has 1 aromatic carbocycles. The molecule has 0 saturated heterocycles. The number of nitrogens with one attached hydrogen (secondary N) is 1. The number of nitrogen functional groups attached to an aromatic ring is 1. The lowest BCUT2D eigenvalue weighted by Gasteiger charge is -2.04. The lowest BCUT2D eigenvalue weighted by Crippen LogP contribution is -2.07. The van der Waals surface area contributed by atoms with E-state index in [0.29, 0.717) is 0 Å². The molecule has 0 unspecified atom stereocenters. The van der Waals surface area contributed by atoms with Crippen LogP contribution < -0.4 is 11.3 Å². The molecule has 2 rings (SSSR count). The highest BCUT2D eigenvalue weighted by Gasteiger charge is 1.99. The number of benzene rings is 1. The first-order valence-electron chi connectivity index (χ1n) is 4.13. The molecule has 0 fully saturated rings. The van der Waals surface area contributed by atoms with Crippen molar-refractivity contribution in [1.29, 1.82) is 0 Å². The molecule has 0 aliphatic rings. The van der Waals surface area contributed by atoms with Gasteiger partial charge in [0.15, 0.2) is 0 Å². The van der Waals surface area contributed by atoms with Gasteiger partial charge in [0.2, 0.25) is 0 Å². The van der Waals surface area contributed by atoms with Crippen molar-refractivity contribution in [3.8, 4) is 0 Å². The number of aromatic nitrogens is 1. The Hall–Kier alpha value is -1.32. The Labute approximate surface area is 88.7 Å². The van der Waals surface area contributed by atoms with Crippen molar-refractivity contribution in [2.24, 2.45) is 5.84 Å². The van der Waals surface area contributed by atoms with Crippen molar-refractivity contribution in [3.63, 3.8) is 0 Å². The minimum Gasteiger partial charge on any atom is -0.323 e. The topological polar surface area (TPSA) is 50.9 Å². The Bertz CT molecular complexity index is 442. The highest BCUT2D eigenvalue weighted by molar-refractivity contribution is 5.91. The minimum absolute atomic E-state index is 0. The summed E-state index contributed by atoms with van der Waals surface area (Å²) < 4.78 is 0. The van der Waals surface area contributed by atoms with Crippen molar-refractivity contribution in [2.45, 2.75) is 6.92 Å². The summed E-state index contributed by atoms with van der Waals surface area (Å²) in [6.45, 7) is 2.05. The van der Waals surface area contributed by atoms with Crippen molar-refractivity contribution in [3.05, 3.63) is 36.0 Å². The third kappa shape index (κ3) is 1.78. The summed E-state index contributed by atoms with van der Waals surface area (Å²) in [5.74, 6) is 5.39. The Balaban J connectivity index is 0.000000980. The number of rotatable bonds is 1. The molecule has 0 spiro atoms. The zero-order chi connectivity index (χ0) is 9.26. The minimum atomic E-state index is 0. The first-order chi connectivity index (χ1) is 6.31. The number of hydrogen-bond donors (Lipinski definition) is 2. The molecule has 3 nitrogen and oxygen atoms in total. The number of anilines is 1. The summed E-state index contributed by atoms with van der Waals surface area (Å²) in [6.07, 6.45) is 1.74. The van der Waals surface area contributed by atoms with E-state index in [0.717, 1.165) is 16.6 Å². The molecule has 0 aliphatic carbocycles. The molecule has 0 amide bonds. The maximum atomic E-state index is 5.39. The number of nitrogens with two attached hydrogens (primary N) is 1. The SMILES string of the molecule is Cc1ccc2nccc(NN)c2c1.Cl. The van der Waals surface area contributed by atoms with E-state index in [-0.39, 0.29) is 12.4 Å². The van der Waals surface area contributed by atoms with Crippen molar-refractivity contribution >= 4 is 29.0 Å². The van der Waals surface area contributed by atoms with Gasteiger partial charge in [-0.2, -0.15) is 0 Å². The fraction of sp³-hybridized carbons (Fsp3) is 0.100. The first-order valence-corrected chi connectivity index (χ1v) is 4.13. The summed E-state index contributed by atoms with van der Waals surface area (Å²) in [5, 5.41) is 1.06. The van der Waals surface area contributed by atoms with Crippen LogP contribution in [0.4, 0.5) is 5.69 Å². The molecule has 1 aromatic heterocycles. The standard InChI is InChI=1S/C10H11N3.ClH/c1-7-2-3-9-8(6-7)10(13-11)4-5-12-9;/h2-6H,11H2,1H3,(H,12,13);1H. The molecule has 0 aliphatic heterocycles. The average Bonchev–Trinajstić information content (AvgIpc) is 2.17. The molecule has 0 radical (unpaired) electrons. The summed E-state index contributed by atoms with van der Waals surface area (Å²) >= 11 is 0. The van der Waals surface area contributed by atoms with Crippen molar-refractivity contribution in [2.75, 3.05) is 5.43 Å². The average molecular weight is 210 g/mol. The number of fused-ring (bicyclic) bond motifs is 1. The van der Waals surface area contributed by atoms with E-state index in [4.69, 9.17) is 5.84 Å². The molecule has 74 valence electrons. The molecular weight excluding hydrogens is 198 g/mol. The largest absolute Gasteiger partial charge is 0.323 e. The molecular formula is C10H12ClN3. The van der Waals surface area contributed by atoms with Crippen molar-refractivity contribution in [1.82, 2.24) is 4.98 Å². The summed E-state index contributed by atoms with van der Waals surface area (Å²) in [5.41, 5.74) is 5.73. The normalized spacial score (nSPS) is 9.57. The van der Waals surface area contributed by atoms with E-state index in [2.05, 4.69) is 16.5 Å². The van der Waals surface area contributed by atoms with Crippen LogP contribution in [0.2, 0.25) is 0 Å². The first kappa shape index (κ1) is 10.8. The van der Waals surface area contributed by atoms with Crippen LogP contribution >= 0.6 is 12.4 Å². The number of nitrogens with zero attached hydrogens (tertiary/aromatic N) is 1. The third-order valence-corrected chi connectivity index (χ3v) is 2.05. The predicted octanol–water partition coefficient (Wildman–Crippen LogP) is 2.25. The van der Waals surface area contributed by atoms with E-state index in [1.54, 1.807) is 6.20 Å². The van der Waals surface area contributed by atoms with Gasteiger partial charge in [0, 0.05) is 11.6 Å². The van der Waals surface area contributed by atoms with Gasteiger partial charge in [-0.05, 0) is 25.1 Å². The molecule has 1 heterocycles. The Morgan fingerprint density at radius 1 is 1.29 bits per heavy atom. The molecule has 0 saturated carbocycles. The van der Waals surface area contributed by atoms with E-state index in [9.17, 15) is 0 Å². The number of hydrazine groups is 1. The second-order valence-corrected chi connectivity index (χ2v) is 3.02. The number of hydrogen-bond acceptors (Lipinski definition) is 3. The fourth-order valence-corrected chi connectivity index (χ4v) is 1.39. The summed E-state index contributed by atoms with van der Waals surface area (Å²) in [6, 6.07) is 7.96. The van der Waals surface area contributed by atoms with Gasteiger partial charge in [0.1, 0.15) is 0 Å². The van der Waals surface area contributed by atoms with Crippen molar-refractivity contribution < 1.29 is 0 Å². The van der Waals surface area contributed by atoms with Gasteiger partial charge < -0.3 is 5.43 Å². The second kappa shape index (κ2) is 4.26. The van der Waals surface area contributed by atoms with Gasteiger partial charge in [-0.3, -0.25) is 10.8 Å².